The van der Waals surface area contributed by atoms with E-state index in [4.69, 9.17) is 11.6 Å². The largest absolute Gasteiger partial charge is 0.375 e. The first-order chi connectivity index (χ1) is 9.47. The molecule has 0 aliphatic heterocycles. The van der Waals surface area contributed by atoms with E-state index in [0.717, 1.165) is 6.42 Å². The normalized spacial score (nSPS) is 19.7. The van der Waals surface area contributed by atoms with Gasteiger partial charge in [-0.3, -0.25) is 0 Å². The van der Waals surface area contributed by atoms with E-state index in [1.54, 1.807) is 12.1 Å². The van der Waals surface area contributed by atoms with Gasteiger partial charge in [-0.05, 0) is 41.2 Å². The lowest BCUT2D eigenvalue weighted by atomic mass is 9.85. The summed E-state index contributed by atoms with van der Waals surface area (Å²) in [5, 5.41) is 3.88. The summed E-state index contributed by atoms with van der Waals surface area (Å²) in [5.41, 5.74) is 3.08. The number of hydrogen-bond donors (Lipinski definition) is 1. The van der Waals surface area contributed by atoms with E-state index in [0.29, 0.717) is 10.7 Å². The molecule has 20 heavy (non-hydrogen) atoms. The van der Waals surface area contributed by atoms with Gasteiger partial charge in [-0.25, -0.2) is 4.39 Å². The average Bonchev–Trinajstić information content (AvgIpc) is 2.65. The van der Waals surface area contributed by atoms with Crippen LogP contribution < -0.4 is 5.32 Å². The molecular weight excluding hydrogens is 273 g/mol. The van der Waals surface area contributed by atoms with Gasteiger partial charge in [0.1, 0.15) is 5.82 Å². The van der Waals surface area contributed by atoms with Crippen LogP contribution in [0.2, 0.25) is 5.02 Å². The highest BCUT2D eigenvalue weighted by Crippen LogP contribution is 2.47. The van der Waals surface area contributed by atoms with Crippen molar-refractivity contribution in [1.82, 2.24) is 0 Å². The molecule has 0 amide bonds. The maximum Gasteiger partial charge on any atom is 0.146 e. The molecule has 104 valence electrons. The second-order valence-electron chi connectivity index (χ2n) is 6.07. The van der Waals surface area contributed by atoms with Gasteiger partial charge in [0.25, 0.3) is 0 Å². The summed E-state index contributed by atoms with van der Waals surface area (Å²) < 4.78 is 13.9. The van der Waals surface area contributed by atoms with Gasteiger partial charge in [-0.2, -0.15) is 0 Å². The maximum atomic E-state index is 13.9. The predicted octanol–water partition coefficient (Wildman–Crippen LogP) is 5.21. The molecule has 0 heterocycles. The highest BCUT2D eigenvalue weighted by Gasteiger charge is 2.38. The molecule has 1 N–H and O–H groups in total. The number of benzene rings is 2. The topological polar surface area (TPSA) is 12.0 Å². The average molecular weight is 290 g/mol. The standard InChI is InChI=1S/C17H17ClFN/c1-17(2)10-11-5-3-4-6-13(11)16(17)20-15-9-12(18)7-8-14(15)19/h3-9,16,20H,10H2,1-2H3. The van der Waals surface area contributed by atoms with Gasteiger partial charge in [0.2, 0.25) is 0 Å². The van der Waals surface area contributed by atoms with E-state index in [2.05, 4.69) is 37.4 Å². The molecule has 0 fully saturated rings. The van der Waals surface area contributed by atoms with Crippen molar-refractivity contribution >= 4 is 17.3 Å². The molecule has 0 aromatic heterocycles. The Hall–Kier alpha value is -1.54. The number of rotatable bonds is 2. The van der Waals surface area contributed by atoms with Crippen molar-refractivity contribution in [3.05, 3.63) is 64.4 Å². The molecule has 1 unspecified atom stereocenters. The SMILES string of the molecule is CC1(C)Cc2ccccc2C1Nc1cc(Cl)ccc1F. The summed E-state index contributed by atoms with van der Waals surface area (Å²) in [5.74, 6) is -0.269. The van der Waals surface area contributed by atoms with E-state index in [1.165, 1.54) is 17.2 Å². The third-order valence-corrected chi connectivity index (χ3v) is 4.26. The Morgan fingerprint density at radius 3 is 2.75 bits per heavy atom. The van der Waals surface area contributed by atoms with Crippen LogP contribution in [0, 0.1) is 11.2 Å². The molecule has 3 heteroatoms. The number of hydrogen-bond acceptors (Lipinski definition) is 1. The molecule has 1 nitrogen and oxygen atoms in total. The highest BCUT2D eigenvalue weighted by molar-refractivity contribution is 6.30. The fourth-order valence-electron chi connectivity index (χ4n) is 3.03. The van der Waals surface area contributed by atoms with Crippen LogP contribution in [0.1, 0.15) is 31.0 Å². The summed E-state index contributed by atoms with van der Waals surface area (Å²) in [6.07, 6.45) is 0.989. The minimum absolute atomic E-state index is 0.0401. The van der Waals surface area contributed by atoms with Crippen LogP contribution in [0.15, 0.2) is 42.5 Å². The van der Waals surface area contributed by atoms with Crippen LogP contribution >= 0.6 is 11.6 Å². The Morgan fingerprint density at radius 1 is 1.20 bits per heavy atom. The molecule has 0 saturated heterocycles. The van der Waals surface area contributed by atoms with Crippen molar-refractivity contribution in [3.8, 4) is 0 Å². The fourth-order valence-corrected chi connectivity index (χ4v) is 3.20. The van der Waals surface area contributed by atoms with Crippen molar-refractivity contribution < 1.29 is 4.39 Å². The van der Waals surface area contributed by atoms with Gasteiger partial charge in [0, 0.05) is 5.02 Å². The number of halogens is 2. The first kappa shape index (κ1) is 13.4. The Bertz CT molecular complexity index is 651. The monoisotopic (exact) mass is 289 g/mol. The highest BCUT2D eigenvalue weighted by atomic mass is 35.5. The van der Waals surface area contributed by atoms with Gasteiger partial charge in [-0.1, -0.05) is 49.7 Å². The Kier molecular flexibility index (Phi) is 3.21. The summed E-state index contributed by atoms with van der Waals surface area (Å²) in [6, 6.07) is 13.0. The number of anilines is 1. The fraction of sp³-hybridized carbons (Fsp3) is 0.294. The molecule has 0 bridgehead atoms. The second-order valence-corrected chi connectivity index (χ2v) is 6.50. The Labute approximate surface area is 123 Å². The zero-order valence-electron chi connectivity index (χ0n) is 11.6. The van der Waals surface area contributed by atoms with Gasteiger partial charge in [0.05, 0.1) is 11.7 Å². The molecule has 1 aliphatic rings. The number of nitrogens with one attached hydrogen (secondary N) is 1. The third kappa shape index (κ3) is 2.29. The summed E-state index contributed by atoms with van der Waals surface area (Å²) in [6.45, 7) is 4.40. The van der Waals surface area contributed by atoms with Crippen LogP contribution in [-0.2, 0) is 6.42 Å². The lowest BCUT2D eigenvalue weighted by Crippen LogP contribution is -2.24. The third-order valence-electron chi connectivity index (χ3n) is 4.02. The summed E-state index contributed by atoms with van der Waals surface area (Å²) in [7, 11) is 0. The number of fused-ring (bicyclic) bond motifs is 1. The Balaban J connectivity index is 1.99. The summed E-state index contributed by atoms with van der Waals surface area (Å²) >= 11 is 5.97. The minimum atomic E-state index is -0.269. The predicted molar refractivity (Wildman–Crippen MR) is 81.7 cm³/mol. The van der Waals surface area contributed by atoms with E-state index in [-0.39, 0.29) is 17.3 Å². The van der Waals surface area contributed by atoms with E-state index < -0.39 is 0 Å². The Morgan fingerprint density at radius 2 is 1.95 bits per heavy atom. The molecule has 1 aliphatic carbocycles. The van der Waals surface area contributed by atoms with Crippen molar-refractivity contribution in [2.45, 2.75) is 26.3 Å². The molecule has 0 saturated carbocycles. The zero-order valence-corrected chi connectivity index (χ0v) is 12.3. The first-order valence-corrected chi connectivity index (χ1v) is 7.14. The van der Waals surface area contributed by atoms with Gasteiger partial charge in [-0.15, -0.1) is 0 Å². The van der Waals surface area contributed by atoms with Crippen LogP contribution in [0.3, 0.4) is 0 Å². The van der Waals surface area contributed by atoms with Crippen LogP contribution in [0.25, 0.3) is 0 Å². The lowest BCUT2D eigenvalue weighted by Gasteiger charge is -2.29. The van der Waals surface area contributed by atoms with E-state index in [9.17, 15) is 4.39 Å². The van der Waals surface area contributed by atoms with Gasteiger partial charge in [0.15, 0.2) is 0 Å². The lowest BCUT2D eigenvalue weighted by molar-refractivity contribution is 0.336. The van der Waals surface area contributed by atoms with Crippen molar-refractivity contribution in [3.63, 3.8) is 0 Å². The van der Waals surface area contributed by atoms with Crippen molar-refractivity contribution in [2.75, 3.05) is 5.32 Å². The molecule has 0 spiro atoms. The van der Waals surface area contributed by atoms with Crippen molar-refractivity contribution in [1.29, 1.82) is 0 Å². The molecule has 0 radical (unpaired) electrons. The zero-order chi connectivity index (χ0) is 14.3. The summed E-state index contributed by atoms with van der Waals surface area (Å²) in [4.78, 5) is 0. The first-order valence-electron chi connectivity index (χ1n) is 6.77. The maximum absolute atomic E-state index is 13.9. The molecule has 2 aromatic rings. The molecule has 2 aromatic carbocycles. The van der Waals surface area contributed by atoms with Crippen LogP contribution in [0.5, 0.6) is 0 Å². The van der Waals surface area contributed by atoms with Crippen LogP contribution in [-0.4, -0.2) is 0 Å². The minimum Gasteiger partial charge on any atom is -0.375 e. The molecule has 1 atom stereocenters. The molecular formula is C17H17ClFN. The second kappa shape index (κ2) is 4.78. The van der Waals surface area contributed by atoms with Crippen molar-refractivity contribution in [2.24, 2.45) is 5.41 Å². The smallest absolute Gasteiger partial charge is 0.146 e. The van der Waals surface area contributed by atoms with Gasteiger partial charge >= 0.3 is 0 Å². The molecule has 3 rings (SSSR count). The van der Waals surface area contributed by atoms with Gasteiger partial charge < -0.3 is 5.32 Å². The van der Waals surface area contributed by atoms with E-state index >= 15 is 0 Å². The quantitative estimate of drug-likeness (QED) is 0.800. The van der Waals surface area contributed by atoms with Crippen LogP contribution in [0.4, 0.5) is 10.1 Å². The van der Waals surface area contributed by atoms with E-state index in [1.807, 2.05) is 6.07 Å².